The molecule has 1 aliphatic heterocycles. The molecule has 2 aliphatic rings. The third-order valence-corrected chi connectivity index (χ3v) is 7.28. The van der Waals surface area contributed by atoms with Gasteiger partial charge in [0.05, 0.1) is 25.5 Å². The second-order valence-electron chi connectivity index (χ2n) is 8.63. The number of benzene rings is 2. The average molecular weight is 502 g/mol. The number of hydrogen-bond acceptors (Lipinski definition) is 4. The number of halogens is 2. The minimum absolute atomic E-state index is 0.196. The first-order valence-corrected chi connectivity index (χ1v) is 12.0. The fourth-order valence-corrected chi connectivity index (χ4v) is 5.42. The van der Waals surface area contributed by atoms with E-state index in [0.29, 0.717) is 12.0 Å². The van der Waals surface area contributed by atoms with Gasteiger partial charge in [-0.2, -0.15) is 0 Å². The van der Waals surface area contributed by atoms with Crippen molar-refractivity contribution in [2.24, 2.45) is 5.92 Å². The van der Waals surface area contributed by atoms with Gasteiger partial charge < -0.3 is 14.7 Å². The van der Waals surface area contributed by atoms with Gasteiger partial charge in [-0.1, -0.05) is 46.3 Å². The van der Waals surface area contributed by atoms with E-state index < -0.39 is 6.10 Å². The van der Waals surface area contributed by atoms with E-state index in [9.17, 15) is 14.3 Å². The zero-order valence-corrected chi connectivity index (χ0v) is 19.9. The monoisotopic (exact) mass is 501 g/mol. The molecule has 1 atom stereocenters. The summed E-state index contributed by atoms with van der Waals surface area (Å²) in [6, 6.07) is 13.9. The Morgan fingerprint density at radius 3 is 2.66 bits per heavy atom. The van der Waals surface area contributed by atoms with E-state index in [1.165, 1.54) is 7.11 Å². The van der Waals surface area contributed by atoms with Crippen molar-refractivity contribution in [3.63, 3.8) is 0 Å². The van der Waals surface area contributed by atoms with Gasteiger partial charge >= 0.3 is 5.97 Å². The fourth-order valence-electron chi connectivity index (χ4n) is 4.70. The van der Waals surface area contributed by atoms with Gasteiger partial charge in [0.1, 0.15) is 0 Å². The van der Waals surface area contributed by atoms with Crippen LogP contribution in [0.25, 0.3) is 5.57 Å². The van der Waals surface area contributed by atoms with Crippen molar-refractivity contribution in [3.05, 3.63) is 74.8 Å². The fraction of sp³-hybridized carbons (Fsp3) is 0.423. The lowest BCUT2D eigenvalue weighted by Crippen LogP contribution is -2.49. The van der Waals surface area contributed by atoms with Crippen LogP contribution >= 0.6 is 15.9 Å². The molecule has 4 nitrogen and oxygen atoms in total. The van der Waals surface area contributed by atoms with Gasteiger partial charge in [-0.3, -0.25) is 4.39 Å². The highest BCUT2D eigenvalue weighted by Gasteiger charge is 2.32. The lowest BCUT2D eigenvalue weighted by molar-refractivity contribution is -0.00608. The van der Waals surface area contributed by atoms with E-state index in [1.54, 1.807) is 0 Å². The summed E-state index contributed by atoms with van der Waals surface area (Å²) in [7, 11) is 1.40. The Morgan fingerprint density at radius 2 is 1.97 bits per heavy atom. The predicted molar refractivity (Wildman–Crippen MR) is 128 cm³/mol. The van der Waals surface area contributed by atoms with Crippen LogP contribution in [0.15, 0.2) is 46.9 Å². The number of nitrogens with zero attached hydrogens (tertiary/aromatic N) is 1. The van der Waals surface area contributed by atoms with E-state index in [4.69, 9.17) is 4.74 Å². The number of hydrogen-bond donors (Lipinski definition) is 1. The number of aliphatic hydroxyl groups is 1. The number of aryl methyl sites for hydroxylation is 1. The Bertz CT molecular complexity index is 999. The topological polar surface area (TPSA) is 49.8 Å². The third kappa shape index (κ3) is 4.82. The summed E-state index contributed by atoms with van der Waals surface area (Å²) in [5.74, 6) is -0.124. The number of carbonyl (C=O) groups excluding carboxylic acids is 1. The van der Waals surface area contributed by atoms with E-state index in [2.05, 4.69) is 33.0 Å². The van der Waals surface area contributed by atoms with Crippen molar-refractivity contribution in [3.8, 4) is 0 Å². The standard InChI is InChI=1S/C26H29BrFNO3/c1-32-26(31)20-10-11-22-19(14-20)4-2-5-23(27)24(22)17-6-8-18(9-7-17)25(30)21-15-29(16-21)13-3-12-28/h6-11,14,21,25,30H,2-5,12-13,15-16H2,1H3. The van der Waals surface area contributed by atoms with Gasteiger partial charge in [-0.05, 0) is 65.6 Å². The Kier molecular flexibility index (Phi) is 7.44. The van der Waals surface area contributed by atoms with E-state index in [-0.39, 0.29) is 18.6 Å². The van der Waals surface area contributed by atoms with Crippen molar-refractivity contribution < 1.29 is 19.0 Å². The van der Waals surface area contributed by atoms with Crippen molar-refractivity contribution in [1.82, 2.24) is 4.90 Å². The molecule has 1 saturated heterocycles. The Labute approximate surface area is 197 Å². The minimum Gasteiger partial charge on any atom is -0.465 e. The van der Waals surface area contributed by atoms with Crippen LogP contribution in [-0.2, 0) is 11.2 Å². The van der Waals surface area contributed by atoms with Crippen molar-refractivity contribution >= 4 is 27.5 Å². The molecule has 6 heteroatoms. The molecular formula is C26H29BrFNO3. The third-order valence-electron chi connectivity index (χ3n) is 6.49. The van der Waals surface area contributed by atoms with Crippen molar-refractivity contribution in [2.45, 2.75) is 31.8 Å². The van der Waals surface area contributed by atoms with Gasteiger partial charge in [-0.25, -0.2) is 4.79 Å². The number of methoxy groups -OCH3 is 1. The number of alkyl halides is 1. The molecule has 2 aromatic rings. The molecule has 1 fully saturated rings. The molecule has 32 heavy (non-hydrogen) atoms. The Hall–Kier alpha value is -2.02. The zero-order valence-electron chi connectivity index (χ0n) is 18.3. The summed E-state index contributed by atoms with van der Waals surface area (Å²) in [5, 5.41) is 10.8. The maximum absolute atomic E-state index is 12.3. The predicted octanol–water partition coefficient (Wildman–Crippen LogP) is 5.29. The number of allylic oxidation sites excluding steroid dienone is 1. The molecule has 1 aliphatic carbocycles. The van der Waals surface area contributed by atoms with E-state index >= 15 is 0 Å². The SMILES string of the molecule is COC(=O)c1ccc2c(c1)CCCC(Br)=C2c1ccc(C(O)C2CN(CCCF)C2)cc1. The summed E-state index contributed by atoms with van der Waals surface area (Å²) in [4.78, 5) is 14.2. The van der Waals surface area contributed by atoms with Crippen molar-refractivity contribution in [1.29, 1.82) is 0 Å². The van der Waals surface area contributed by atoms with Crippen LogP contribution in [0.4, 0.5) is 4.39 Å². The number of esters is 1. The number of carbonyl (C=O) groups is 1. The van der Waals surface area contributed by atoms with Gasteiger partial charge in [0.2, 0.25) is 0 Å². The maximum Gasteiger partial charge on any atom is 0.337 e. The number of likely N-dealkylation sites (tertiary alicyclic amines) is 1. The molecular weight excluding hydrogens is 473 g/mol. The summed E-state index contributed by atoms with van der Waals surface area (Å²) in [6.07, 6.45) is 2.88. The molecule has 0 aromatic heterocycles. The number of ether oxygens (including phenoxy) is 1. The molecule has 1 unspecified atom stereocenters. The lowest BCUT2D eigenvalue weighted by Gasteiger charge is -2.41. The van der Waals surface area contributed by atoms with Crippen LogP contribution in [0, 0.1) is 5.92 Å². The second kappa shape index (κ2) is 10.3. The molecule has 0 spiro atoms. The van der Waals surface area contributed by atoms with Crippen LogP contribution in [0.5, 0.6) is 0 Å². The largest absolute Gasteiger partial charge is 0.465 e. The Balaban J connectivity index is 1.54. The zero-order chi connectivity index (χ0) is 22.7. The minimum atomic E-state index is -0.507. The first-order valence-electron chi connectivity index (χ1n) is 11.2. The normalized spacial score (nSPS) is 18.0. The highest BCUT2D eigenvalue weighted by atomic mass is 79.9. The lowest BCUT2D eigenvalue weighted by atomic mass is 9.87. The molecule has 0 bridgehead atoms. The number of aliphatic hydroxyl groups excluding tert-OH is 1. The van der Waals surface area contributed by atoms with Gasteiger partial charge in [0.15, 0.2) is 0 Å². The summed E-state index contributed by atoms with van der Waals surface area (Å²) < 4.78 is 18.4. The highest BCUT2D eigenvalue weighted by molar-refractivity contribution is 9.11. The van der Waals surface area contributed by atoms with Gasteiger partial charge in [0, 0.05) is 30.0 Å². The quantitative estimate of drug-likeness (QED) is 0.523. The maximum atomic E-state index is 12.3. The average Bonchev–Trinajstić information content (AvgIpc) is 2.95. The molecule has 170 valence electrons. The molecule has 0 amide bonds. The molecule has 0 saturated carbocycles. The first-order chi connectivity index (χ1) is 15.5. The van der Waals surface area contributed by atoms with E-state index in [0.717, 1.165) is 71.2 Å². The number of rotatable bonds is 7. The number of fused-ring (bicyclic) bond motifs is 1. The van der Waals surface area contributed by atoms with Crippen LogP contribution in [0.1, 0.15) is 58.0 Å². The van der Waals surface area contributed by atoms with Crippen LogP contribution in [0.3, 0.4) is 0 Å². The first kappa shape index (κ1) is 23.1. The van der Waals surface area contributed by atoms with Gasteiger partial charge in [-0.15, -0.1) is 0 Å². The van der Waals surface area contributed by atoms with E-state index in [1.807, 2.05) is 30.3 Å². The van der Waals surface area contributed by atoms with Gasteiger partial charge in [0.25, 0.3) is 0 Å². The van der Waals surface area contributed by atoms with Crippen LogP contribution in [-0.4, -0.2) is 49.4 Å². The smallest absolute Gasteiger partial charge is 0.337 e. The highest BCUT2D eigenvalue weighted by Crippen LogP contribution is 2.39. The van der Waals surface area contributed by atoms with Crippen LogP contribution in [0.2, 0.25) is 0 Å². The van der Waals surface area contributed by atoms with Crippen LogP contribution < -0.4 is 0 Å². The second-order valence-corrected chi connectivity index (χ2v) is 9.58. The van der Waals surface area contributed by atoms with Crippen molar-refractivity contribution in [2.75, 3.05) is 33.4 Å². The molecule has 0 radical (unpaired) electrons. The molecule has 4 rings (SSSR count). The summed E-state index contributed by atoms with van der Waals surface area (Å²) in [6.45, 7) is 2.10. The molecule has 1 N–H and O–H groups in total. The molecule has 2 aromatic carbocycles. The Morgan fingerprint density at radius 1 is 1.22 bits per heavy atom. The summed E-state index contributed by atoms with van der Waals surface area (Å²) >= 11 is 3.80. The summed E-state index contributed by atoms with van der Waals surface area (Å²) in [5.41, 5.74) is 5.97. The molecule has 1 heterocycles.